The van der Waals surface area contributed by atoms with E-state index in [-0.39, 0.29) is 31.2 Å². The first-order valence-electron chi connectivity index (χ1n) is 14.8. The molecular weight excluding hydrogens is 593 g/mol. The Hall–Kier alpha value is -4.94. The zero-order valence-electron chi connectivity index (χ0n) is 25.0. The molecular formula is C35H32FN3O7. The monoisotopic (exact) mass is 625 g/mol. The highest BCUT2D eigenvalue weighted by Gasteiger charge is 2.23. The lowest BCUT2D eigenvalue weighted by Gasteiger charge is -2.14. The van der Waals surface area contributed by atoms with E-state index in [1.807, 2.05) is 6.07 Å². The van der Waals surface area contributed by atoms with Crippen LogP contribution in [0.25, 0.3) is 32.9 Å². The molecule has 0 fully saturated rings. The number of ketones is 3. The van der Waals surface area contributed by atoms with Gasteiger partial charge in [-0.15, -0.1) is 0 Å². The fourth-order valence-electron chi connectivity index (χ4n) is 5.35. The smallest absolute Gasteiger partial charge is 0.182 e. The Morgan fingerprint density at radius 1 is 0.717 bits per heavy atom. The molecule has 0 aliphatic rings. The lowest BCUT2D eigenvalue weighted by Crippen LogP contribution is -2.39. The molecule has 0 bridgehead atoms. The van der Waals surface area contributed by atoms with E-state index < -0.39 is 31.1 Å². The van der Waals surface area contributed by atoms with Gasteiger partial charge in [-0.3, -0.25) is 25.0 Å². The van der Waals surface area contributed by atoms with Crippen molar-refractivity contribution in [1.82, 2.24) is 16.0 Å². The topological polar surface area (TPSA) is 147 Å². The predicted molar refractivity (Wildman–Crippen MR) is 170 cm³/mol. The molecule has 0 saturated heterocycles. The number of furan rings is 3. The molecule has 2 atom stereocenters. The quantitative estimate of drug-likeness (QED) is 0.115. The predicted octanol–water partition coefficient (Wildman–Crippen LogP) is 4.97. The van der Waals surface area contributed by atoms with Gasteiger partial charge in [-0.25, -0.2) is 4.39 Å². The number of hydrogen-bond donors (Lipinski definition) is 4. The van der Waals surface area contributed by atoms with Crippen LogP contribution in [0, 0.1) is 0 Å². The minimum absolute atomic E-state index is 0.0538. The summed E-state index contributed by atoms with van der Waals surface area (Å²) in [5.74, 6) is 0.212. The molecule has 3 aromatic carbocycles. The number of likely N-dealkylation sites (N-methyl/N-ethyl adjacent to an activating group) is 1. The van der Waals surface area contributed by atoms with Crippen molar-refractivity contribution >= 4 is 50.3 Å². The van der Waals surface area contributed by atoms with Crippen LogP contribution in [0.3, 0.4) is 0 Å². The van der Waals surface area contributed by atoms with Crippen molar-refractivity contribution in [3.63, 3.8) is 0 Å². The fraction of sp³-hybridized carbons (Fsp3) is 0.229. The number of alkyl halides is 1. The Morgan fingerprint density at radius 3 is 1.87 bits per heavy atom. The van der Waals surface area contributed by atoms with Gasteiger partial charge in [0.2, 0.25) is 0 Å². The molecule has 0 amide bonds. The highest BCUT2D eigenvalue weighted by molar-refractivity contribution is 6.03. The summed E-state index contributed by atoms with van der Waals surface area (Å²) in [6.07, 6.45) is 1.53. The maximum atomic E-state index is 13.9. The number of nitrogens with one attached hydrogen (secondary N) is 3. The van der Waals surface area contributed by atoms with Crippen LogP contribution in [0.4, 0.5) is 4.39 Å². The van der Waals surface area contributed by atoms with Crippen LogP contribution in [0.1, 0.15) is 42.6 Å². The third-order valence-electron chi connectivity index (χ3n) is 7.84. The maximum absolute atomic E-state index is 13.9. The van der Waals surface area contributed by atoms with Crippen molar-refractivity contribution in [3.8, 4) is 0 Å². The molecule has 0 aliphatic carbocycles. The van der Waals surface area contributed by atoms with Gasteiger partial charge in [0.1, 0.15) is 34.9 Å². The van der Waals surface area contributed by atoms with Crippen molar-refractivity contribution in [3.05, 3.63) is 107 Å². The van der Waals surface area contributed by atoms with E-state index in [1.54, 1.807) is 73.8 Å². The highest BCUT2D eigenvalue weighted by atomic mass is 19.1. The third kappa shape index (κ3) is 6.53. The highest BCUT2D eigenvalue weighted by Crippen LogP contribution is 2.24. The summed E-state index contributed by atoms with van der Waals surface area (Å²) < 4.78 is 31.0. The number of hydrogen-bond acceptors (Lipinski definition) is 10. The molecule has 236 valence electrons. The van der Waals surface area contributed by atoms with Crippen molar-refractivity contribution in [2.45, 2.75) is 25.2 Å². The van der Waals surface area contributed by atoms with Gasteiger partial charge in [0.05, 0.1) is 44.6 Å². The maximum Gasteiger partial charge on any atom is 0.182 e. The molecule has 0 spiro atoms. The molecule has 6 aromatic rings. The zero-order valence-corrected chi connectivity index (χ0v) is 25.0. The number of carbonyl (C=O) groups is 3. The van der Waals surface area contributed by atoms with Gasteiger partial charge in [-0.1, -0.05) is 36.4 Å². The number of carbonyl (C=O) groups excluding carboxylic acids is 3. The van der Waals surface area contributed by atoms with Gasteiger partial charge in [0.15, 0.2) is 17.3 Å². The number of fused-ring (bicyclic) bond motifs is 3. The summed E-state index contributed by atoms with van der Waals surface area (Å²) in [5, 5.41) is 21.2. The summed E-state index contributed by atoms with van der Waals surface area (Å²) in [6, 6.07) is 18.5. The second-order valence-electron chi connectivity index (χ2n) is 11.0. The minimum atomic E-state index is -1.08. The van der Waals surface area contributed by atoms with E-state index in [2.05, 4.69) is 16.0 Å². The summed E-state index contributed by atoms with van der Waals surface area (Å²) in [4.78, 5) is 38.4. The van der Waals surface area contributed by atoms with E-state index in [1.165, 1.54) is 6.26 Å². The lowest BCUT2D eigenvalue weighted by atomic mass is 10.0. The van der Waals surface area contributed by atoms with Crippen LogP contribution in [0.2, 0.25) is 0 Å². The largest absolute Gasteiger partial charge is 0.464 e. The van der Waals surface area contributed by atoms with Crippen LogP contribution in [0.15, 0.2) is 92.3 Å². The first-order chi connectivity index (χ1) is 22.4. The molecule has 0 radical (unpaired) electrons. The lowest BCUT2D eigenvalue weighted by molar-refractivity contribution is 0.0892. The summed E-state index contributed by atoms with van der Waals surface area (Å²) >= 11 is 0. The van der Waals surface area contributed by atoms with Crippen molar-refractivity contribution in [1.29, 1.82) is 0 Å². The Labute approximate surface area is 262 Å². The summed E-state index contributed by atoms with van der Waals surface area (Å²) in [6.45, 7) is -0.874. The molecule has 2 unspecified atom stereocenters. The zero-order chi connectivity index (χ0) is 32.2. The molecule has 6 rings (SSSR count). The first-order valence-corrected chi connectivity index (χ1v) is 14.8. The van der Waals surface area contributed by atoms with Crippen molar-refractivity contribution in [2.24, 2.45) is 0 Å². The van der Waals surface area contributed by atoms with Gasteiger partial charge >= 0.3 is 0 Å². The Bertz CT molecular complexity index is 2040. The van der Waals surface area contributed by atoms with Crippen LogP contribution < -0.4 is 16.0 Å². The van der Waals surface area contributed by atoms with Crippen LogP contribution in [-0.2, 0) is 13.1 Å². The first kappa shape index (κ1) is 31.1. The van der Waals surface area contributed by atoms with E-state index >= 15 is 0 Å². The van der Waals surface area contributed by atoms with Crippen molar-refractivity contribution in [2.75, 3.05) is 26.9 Å². The van der Waals surface area contributed by atoms with E-state index in [0.29, 0.717) is 45.0 Å². The Balaban J connectivity index is 1.09. The third-order valence-corrected chi connectivity index (χ3v) is 7.84. The number of benzene rings is 3. The second kappa shape index (κ2) is 13.6. The Kier molecular flexibility index (Phi) is 9.18. The molecule has 4 N–H and O–H groups in total. The van der Waals surface area contributed by atoms with Crippen LogP contribution in [0.5, 0.6) is 0 Å². The number of Topliss-reactive ketones (excluding diaryl/α,β-unsaturated/α-hetero) is 3. The fourth-order valence-corrected chi connectivity index (χ4v) is 5.35. The standard InChI is InChI=1S/C35H32FN3O7/c1-37-18-30(41)21-3-4-22-10-27(45-32(22)12-21)17-39-29(19-40)35(43)25-7-5-23-11-26(46-33(23)14-25)16-38-28(15-36)34(42)24-6-2-20-8-9-44-31(20)13-24/h2-14,28-29,37-40H,15-19H2,1H3. The van der Waals surface area contributed by atoms with Gasteiger partial charge < -0.3 is 23.7 Å². The number of aliphatic hydroxyl groups is 1. The van der Waals surface area contributed by atoms with Gasteiger partial charge in [0, 0.05) is 32.8 Å². The SMILES string of the molecule is CNCC(=O)c1ccc2cc(CNC(CO)C(=O)c3ccc4cc(CNC(CF)C(=O)c5ccc6ccoc6c5)oc4c3)oc2c1. The normalized spacial score (nSPS) is 13.0. The average molecular weight is 626 g/mol. The number of aliphatic hydroxyl groups excluding tert-OH is 1. The molecule has 0 saturated carbocycles. The Morgan fingerprint density at radius 2 is 1.26 bits per heavy atom. The second-order valence-corrected chi connectivity index (χ2v) is 11.0. The average Bonchev–Trinajstić information content (AvgIpc) is 3.81. The van der Waals surface area contributed by atoms with Crippen molar-refractivity contribution < 1.29 is 37.1 Å². The molecule has 0 aliphatic heterocycles. The van der Waals surface area contributed by atoms with E-state index in [9.17, 15) is 23.9 Å². The molecule has 10 nitrogen and oxygen atoms in total. The summed E-state index contributed by atoms with van der Waals surface area (Å²) in [5.41, 5.74) is 2.74. The van der Waals surface area contributed by atoms with Gasteiger partial charge in [0.25, 0.3) is 0 Å². The van der Waals surface area contributed by atoms with Gasteiger partial charge in [-0.05, 0) is 43.4 Å². The minimum Gasteiger partial charge on any atom is -0.464 e. The number of halogens is 1. The summed E-state index contributed by atoms with van der Waals surface area (Å²) in [7, 11) is 1.70. The van der Waals surface area contributed by atoms with Crippen LogP contribution in [-0.4, -0.2) is 61.4 Å². The van der Waals surface area contributed by atoms with E-state index in [0.717, 1.165) is 16.2 Å². The molecule has 46 heavy (non-hydrogen) atoms. The van der Waals surface area contributed by atoms with E-state index in [4.69, 9.17) is 13.3 Å². The molecule has 3 heterocycles. The van der Waals surface area contributed by atoms with Crippen LogP contribution >= 0.6 is 0 Å². The number of rotatable bonds is 15. The molecule has 3 aromatic heterocycles. The molecule has 11 heteroatoms. The van der Waals surface area contributed by atoms with Gasteiger partial charge in [-0.2, -0.15) is 0 Å².